The average molecular weight is 428 g/mol. The molecule has 2 N–H and O–H groups in total. The smallest absolute Gasteiger partial charge is 0.312 e. The highest BCUT2D eigenvalue weighted by molar-refractivity contribution is 6.31. The summed E-state index contributed by atoms with van der Waals surface area (Å²) < 4.78 is 11.4. The molecular weight excluding hydrogens is 414 g/mol. The van der Waals surface area contributed by atoms with E-state index in [0.717, 1.165) is 23.1 Å². The average Bonchev–Trinajstić information content (AvgIpc) is 2.73. The van der Waals surface area contributed by atoms with Gasteiger partial charge in [-0.2, -0.15) is 5.10 Å². The quantitative estimate of drug-likeness (QED) is 0.373. The van der Waals surface area contributed by atoms with Crippen LogP contribution < -0.4 is 14.9 Å². The number of hydrogen-bond acceptors (Lipinski definition) is 7. The summed E-state index contributed by atoms with van der Waals surface area (Å²) in [6, 6.07) is 13.6. The van der Waals surface area contributed by atoms with Crippen molar-refractivity contribution < 1.29 is 24.3 Å². The maximum absolute atomic E-state index is 12.4. The van der Waals surface area contributed by atoms with Crippen molar-refractivity contribution in [2.75, 3.05) is 6.61 Å². The van der Waals surface area contributed by atoms with Gasteiger partial charge in [0.25, 0.3) is 5.91 Å². The number of benzene rings is 3. The first kappa shape index (κ1) is 19.5. The Labute approximate surface area is 174 Å². The molecule has 0 aromatic heterocycles. The number of phenols is 1. The van der Waals surface area contributed by atoms with Crippen LogP contribution >= 0.6 is 11.6 Å². The Kier molecular flexibility index (Phi) is 5.11. The number of fused-ring (bicyclic) bond motifs is 2. The highest BCUT2D eigenvalue weighted by atomic mass is 35.5. The van der Waals surface area contributed by atoms with Gasteiger partial charge in [0.2, 0.25) is 11.9 Å². The number of hydrogen-bond donors (Lipinski definition) is 2. The van der Waals surface area contributed by atoms with Crippen molar-refractivity contribution in [3.63, 3.8) is 0 Å². The first-order valence-corrected chi connectivity index (χ1v) is 9.12. The molecule has 0 fully saturated rings. The fourth-order valence-electron chi connectivity index (χ4n) is 2.97. The second-order valence-electron chi connectivity index (χ2n) is 6.42. The zero-order chi connectivity index (χ0) is 21.3. The molecule has 4 rings (SSSR count). The van der Waals surface area contributed by atoms with Crippen molar-refractivity contribution in [2.45, 2.75) is 6.10 Å². The number of nitro groups is 1. The molecule has 0 spiro atoms. The predicted octanol–water partition coefficient (Wildman–Crippen LogP) is 3.40. The molecule has 152 valence electrons. The van der Waals surface area contributed by atoms with Crippen LogP contribution in [0, 0.1) is 10.1 Å². The van der Waals surface area contributed by atoms with Crippen LogP contribution in [-0.4, -0.2) is 34.9 Å². The van der Waals surface area contributed by atoms with Crippen molar-refractivity contribution in [3.8, 4) is 17.2 Å². The van der Waals surface area contributed by atoms with E-state index in [4.69, 9.17) is 21.1 Å². The third-order valence-electron chi connectivity index (χ3n) is 4.42. The minimum absolute atomic E-state index is 0.0133. The van der Waals surface area contributed by atoms with Crippen LogP contribution in [0.1, 0.15) is 5.56 Å². The first-order valence-electron chi connectivity index (χ1n) is 8.74. The lowest BCUT2D eigenvalue weighted by molar-refractivity contribution is -0.385. The summed E-state index contributed by atoms with van der Waals surface area (Å²) in [6.45, 7) is -0.0133. The van der Waals surface area contributed by atoms with E-state index in [9.17, 15) is 20.0 Å². The standard InChI is InChI=1S/C20H14ClN3O6/c21-14-5-13(19(25)15(8-14)24(27)28)9-22-23-20(26)18-10-29-16-6-11-3-1-2-4-12(11)7-17(16)30-18/h1-9,18,25H,10H2,(H,23,26)/b22-9+/t18-/m1/s1. The van der Waals surface area contributed by atoms with Crippen LogP contribution in [0.15, 0.2) is 53.6 Å². The minimum Gasteiger partial charge on any atom is -0.502 e. The Bertz CT molecular complexity index is 1200. The molecule has 0 unspecified atom stereocenters. The zero-order valence-electron chi connectivity index (χ0n) is 15.2. The molecule has 9 nitrogen and oxygen atoms in total. The number of nitro benzene ring substituents is 1. The molecule has 1 aliphatic heterocycles. The largest absolute Gasteiger partial charge is 0.502 e. The second-order valence-corrected chi connectivity index (χ2v) is 6.85. The number of ether oxygens (including phenoxy) is 2. The van der Waals surface area contributed by atoms with Gasteiger partial charge in [0.15, 0.2) is 11.5 Å². The highest BCUT2D eigenvalue weighted by Crippen LogP contribution is 2.36. The summed E-state index contributed by atoms with van der Waals surface area (Å²) >= 11 is 5.82. The lowest BCUT2D eigenvalue weighted by Gasteiger charge is -2.25. The van der Waals surface area contributed by atoms with E-state index < -0.39 is 28.4 Å². The number of rotatable bonds is 4. The summed E-state index contributed by atoms with van der Waals surface area (Å²) in [5, 5.41) is 26.6. The first-order chi connectivity index (χ1) is 14.4. The Hall–Kier alpha value is -3.85. The van der Waals surface area contributed by atoms with E-state index in [2.05, 4.69) is 10.5 Å². The minimum atomic E-state index is -0.946. The third-order valence-corrected chi connectivity index (χ3v) is 4.64. The number of phenolic OH excluding ortho intramolecular Hbond substituents is 1. The van der Waals surface area contributed by atoms with E-state index in [-0.39, 0.29) is 17.2 Å². The number of halogens is 1. The Morgan fingerprint density at radius 1 is 1.23 bits per heavy atom. The van der Waals surface area contributed by atoms with Gasteiger partial charge in [-0.05, 0) is 29.0 Å². The molecule has 1 atom stereocenters. The lowest BCUT2D eigenvalue weighted by Crippen LogP contribution is -2.42. The number of nitrogens with zero attached hydrogens (tertiary/aromatic N) is 2. The fourth-order valence-corrected chi connectivity index (χ4v) is 3.19. The zero-order valence-corrected chi connectivity index (χ0v) is 16.0. The molecule has 0 saturated carbocycles. The number of nitrogens with one attached hydrogen (secondary N) is 1. The van der Waals surface area contributed by atoms with E-state index >= 15 is 0 Å². The Morgan fingerprint density at radius 3 is 2.63 bits per heavy atom. The molecule has 1 aliphatic rings. The van der Waals surface area contributed by atoms with E-state index in [0.29, 0.717) is 11.5 Å². The van der Waals surface area contributed by atoms with Gasteiger partial charge >= 0.3 is 5.69 Å². The monoisotopic (exact) mass is 427 g/mol. The van der Waals surface area contributed by atoms with Crippen LogP contribution in [0.4, 0.5) is 5.69 Å². The molecule has 1 amide bonds. The molecule has 30 heavy (non-hydrogen) atoms. The van der Waals surface area contributed by atoms with Crippen LogP contribution in [0.2, 0.25) is 5.02 Å². The van der Waals surface area contributed by atoms with Gasteiger partial charge in [-0.3, -0.25) is 14.9 Å². The van der Waals surface area contributed by atoms with Crippen molar-refractivity contribution in [2.24, 2.45) is 5.10 Å². The van der Waals surface area contributed by atoms with Gasteiger partial charge in [-0.15, -0.1) is 0 Å². The van der Waals surface area contributed by atoms with Crippen LogP contribution in [0.3, 0.4) is 0 Å². The molecular formula is C20H14ClN3O6. The molecule has 3 aromatic carbocycles. The summed E-state index contributed by atoms with van der Waals surface area (Å²) in [5.41, 5.74) is 1.68. The Balaban J connectivity index is 1.47. The lowest BCUT2D eigenvalue weighted by atomic mass is 10.1. The van der Waals surface area contributed by atoms with Crippen molar-refractivity contribution in [1.82, 2.24) is 5.43 Å². The molecule has 0 saturated heterocycles. The maximum Gasteiger partial charge on any atom is 0.312 e. The number of hydrazone groups is 1. The van der Waals surface area contributed by atoms with Gasteiger partial charge in [-0.1, -0.05) is 35.9 Å². The third kappa shape index (κ3) is 3.83. The summed E-state index contributed by atoms with van der Waals surface area (Å²) in [5.74, 6) is -0.217. The fraction of sp³-hybridized carbons (Fsp3) is 0.100. The summed E-state index contributed by atoms with van der Waals surface area (Å²) in [6.07, 6.45) is 0.107. The number of amides is 1. The van der Waals surface area contributed by atoms with Gasteiger partial charge < -0.3 is 14.6 Å². The van der Waals surface area contributed by atoms with Crippen LogP contribution in [0.25, 0.3) is 10.8 Å². The Morgan fingerprint density at radius 2 is 1.93 bits per heavy atom. The molecule has 0 bridgehead atoms. The molecule has 10 heteroatoms. The van der Waals surface area contributed by atoms with E-state index in [1.807, 2.05) is 30.3 Å². The number of carbonyl (C=O) groups is 1. The SMILES string of the molecule is O=C(N/N=C/c1cc(Cl)cc([N+](=O)[O-])c1O)[C@H]1COc2cc3ccccc3cc2O1. The molecule has 0 aliphatic carbocycles. The van der Waals surface area contributed by atoms with Crippen molar-refractivity contribution >= 4 is 40.2 Å². The normalized spacial score (nSPS) is 15.3. The molecule has 1 heterocycles. The van der Waals surface area contributed by atoms with Gasteiger partial charge in [-0.25, -0.2) is 5.43 Å². The van der Waals surface area contributed by atoms with Gasteiger partial charge in [0.05, 0.1) is 11.1 Å². The summed E-state index contributed by atoms with van der Waals surface area (Å²) in [4.78, 5) is 22.5. The van der Waals surface area contributed by atoms with Crippen LogP contribution in [0.5, 0.6) is 17.2 Å². The molecule has 0 radical (unpaired) electrons. The van der Waals surface area contributed by atoms with Gasteiger partial charge in [0.1, 0.15) is 6.61 Å². The topological polar surface area (TPSA) is 123 Å². The second kappa shape index (κ2) is 7.88. The maximum atomic E-state index is 12.4. The highest BCUT2D eigenvalue weighted by Gasteiger charge is 2.28. The van der Waals surface area contributed by atoms with Crippen LogP contribution in [-0.2, 0) is 4.79 Å². The number of carbonyl (C=O) groups excluding carboxylic acids is 1. The van der Waals surface area contributed by atoms with E-state index in [1.54, 1.807) is 6.07 Å². The predicted molar refractivity (Wildman–Crippen MR) is 109 cm³/mol. The van der Waals surface area contributed by atoms with Gasteiger partial charge in [0, 0.05) is 16.7 Å². The van der Waals surface area contributed by atoms with E-state index in [1.165, 1.54) is 6.07 Å². The molecule has 3 aromatic rings. The van der Waals surface area contributed by atoms with Crippen molar-refractivity contribution in [3.05, 3.63) is 69.2 Å². The summed E-state index contributed by atoms with van der Waals surface area (Å²) in [7, 11) is 0. The number of aromatic hydroxyl groups is 1. The van der Waals surface area contributed by atoms with Crippen molar-refractivity contribution in [1.29, 1.82) is 0 Å².